The summed E-state index contributed by atoms with van der Waals surface area (Å²) in [5.41, 5.74) is 1.73. The molecule has 1 heterocycles. The van der Waals surface area contributed by atoms with Crippen molar-refractivity contribution in [3.05, 3.63) is 60.2 Å². The van der Waals surface area contributed by atoms with Gasteiger partial charge in [-0.05, 0) is 48.6 Å². The van der Waals surface area contributed by atoms with Gasteiger partial charge in [-0.2, -0.15) is 4.31 Å². The maximum absolute atomic E-state index is 12.5. The van der Waals surface area contributed by atoms with Gasteiger partial charge in [0.15, 0.2) is 0 Å². The van der Waals surface area contributed by atoms with E-state index in [1.807, 2.05) is 37.3 Å². The first-order chi connectivity index (χ1) is 12.5. The Morgan fingerprint density at radius 1 is 1.04 bits per heavy atom. The van der Waals surface area contributed by atoms with Crippen LogP contribution in [0.15, 0.2) is 59.5 Å². The summed E-state index contributed by atoms with van der Waals surface area (Å²) in [5.74, 6) is 0.0301. The molecule has 1 aliphatic heterocycles. The van der Waals surface area contributed by atoms with E-state index in [0.717, 1.165) is 18.4 Å². The van der Waals surface area contributed by atoms with Crippen LogP contribution in [-0.4, -0.2) is 31.7 Å². The largest absolute Gasteiger partial charge is 0.326 e. The molecule has 26 heavy (non-hydrogen) atoms. The first-order valence-electron chi connectivity index (χ1n) is 8.92. The Bertz CT molecular complexity index is 842. The van der Waals surface area contributed by atoms with Crippen LogP contribution in [0.5, 0.6) is 0 Å². The fourth-order valence-corrected chi connectivity index (χ4v) is 4.69. The minimum absolute atomic E-state index is 0.0866. The minimum atomic E-state index is -3.42. The molecule has 2 aromatic carbocycles. The van der Waals surface area contributed by atoms with Gasteiger partial charge in [-0.3, -0.25) is 4.79 Å². The molecule has 6 heteroatoms. The average molecular weight is 372 g/mol. The molecule has 2 aromatic rings. The summed E-state index contributed by atoms with van der Waals surface area (Å²) < 4.78 is 26.5. The summed E-state index contributed by atoms with van der Waals surface area (Å²) in [4.78, 5) is 12.5. The third-order valence-electron chi connectivity index (χ3n) is 4.70. The molecule has 0 spiro atoms. The summed E-state index contributed by atoms with van der Waals surface area (Å²) in [6.07, 6.45) is 2.19. The number of hydrogen-bond donors (Lipinski definition) is 1. The van der Waals surface area contributed by atoms with Crippen molar-refractivity contribution >= 4 is 21.6 Å². The molecular formula is C20H24N2O3S. The Labute approximate surface area is 155 Å². The fourth-order valence-electron chi connectivity index (χ4n) is 3.18. The predicted molar refractivity (Wildman–Crippen MR) is 103 cm³/mol. The van der Waals surface area contributed by atoms with E-state index in [0.29, 0.717) is 25.2 Å². The second-order valence-electron chi connectivity index (χ2n) is 6.70. The van der Waals surface area contributed by atoms with Gasteiger partial charge in [0, 0.05) is 25.2 Å². The van der Waals surface area contributed by atoms with Crippen molar-refractivity contribution in [2.45, 2.75) is 37.0 Å². The molecule has 1 fully saturated rings. The van der Waals surface area contributed by atoms with Gasteiger partial charge in [0.25, 0.3) is 0 Å². The average Bonchev–Trinajstić information content (AvgIpc) is 3.18. The lowest BCUT2D eigenvalue weighted by atomic mass is 9.97. The second kappa shape index (κ2) is 8.01. The standard InChI is InChI=1S/C20H24N2O3S/c1-16(17-7-3-2-4-8-17)15-20(23)21-18-9-11-19(12-10-18)26(24,25)22-13-5-6-14-22/h2-4,7-12,16H,5-6,13-15H2,1H3,(H,21,23). The van der Waals surface area contributed by atoms with Gasteiger partial charge in [-0.25, -0.2) is 8.42 Å². The van der Waals surface area contributed by atoms with E-state index in [2.05, 4.69) is 5.32 Å². The highest BCUT2D eigenvalue weighted by Crippen LogP contribution is 2.23. The van der Waals surface area contributed by atoms with Gasteiger partial charge in [0.05, 0.1) is 4.90 Å². The number of carbonyl (C=O) groups excluding carboxylic acids is 1. The van der Waals surface area contributed by atoms with Crippen LogP contribution in [0, 0.1) is 0 Å². The third-order valence-corrected chi connectivity index (χ3v) is 6.61. The van der Waals surface area contributed by atoms with E-state index in [-0.39, 0.29) is 16.7 Å². The van der Waals surface area contributed by atoms with Crippen LogP contribution in [-0.2, 0) is 14.8 Å². The van der Waals surface area contributed by atoms with Crippen molar-refractivity contribution < 1.29 is 13.2 Å². The number of anilines is 1. The summed E-state index contributed by atoms with van der Waals surface area (Å²) in [5, 5.41) is 2.84. The number of nitrogens with one attached hydrogen (secondary N) is 1. The molecule has 1 unspecified atom stereocenters. The number of sulfonamides is 1. The Hall–Kier alpha value is -2.18. The molecule has 0 bridgehead atoms. The van der Waals surface area contributed by atoms with E-state index < -0.39 is 10.0 Å². The highest BCUT2D eigenvalue weighted by molar-refractivity contribution is 7.89. The quantitative estimate of drug-likeness (QED) is 0.842. The van der Waals surface area contributed by atoms with Crippen LogP contribution in [0.4, 0.5) is 5.69 Å². The fraction of sp³-hybridized carbons (Fsp3) is 0.350. The highest BCUT2D eigenvalue weighted by Gasteiger charge is 2.26. The molecule has 138 valence electrons. The Morgan fingerprint density at radius 2 is 1.65 bits per heavy atom. The van der Waals surface area contributed by atoms with Gasteiger partial charge in [-0.1, -0.05) is 37.3 Å². The summed E-state index contributed by atoms with van der Waals surface area (Å²) >= 11 is 0. The number of nitrogens with zero attached hydrogens (tertiary/aromatic N) is 1. The molecule has 5 nitrogen and oxygen atoms in total. The van der Waals surface area contributed by atoms with Crippen LogP contribution in [0.3, 0.4) is 0 Å². The lowest BCUT2D eigenvalue weighted by Gasteiger charge is -2.16. The zero-order chi connectivity index (χ0) is 18.6. The maximum atomic E-state index is 12.5. The first-order valence-corrected chi connectivity index (χ1v) is 10.4. The van der Waals surface area contributed by atoms with Gasteiger partial charge in [0.2, 0.25) is 15.9 Å². The van der Waals surface area contributed by atoms with Crippen LogP contribution < -0.4 is 5.32 Å². The third kappa shape index (κ3) is 4.31. The second-order valence-corrected chi connectivity index (χ2v) is 8.64. The molecule has 0 aromatic heterocycles. The molecule has 1 aliphatic rings. The highest BCUT2D eigenvalue weighted by atomic mass is 32.2. The molecule has 0 radical (unpaired) electrons. The van der Waals surface area contributed by atoms with Crippen molar-refractivity contribution in [2.24, 2.45) is 0 Å². The lowest BCUT2D eigenvalue weighted by molar-refractivity contribution is -0.116. The van der Waals surface area contributed by atoms with Crippen LogP contribution >= 0.6 is 0 Å². The van der Waals surface area contributed by atoms with Gasteiger partial charge >= 0.3 is 0 Å². The van der Waals surface area contributed by atoms with Gasteiger partial charge < -0.3 is 5.32 Å². The number of amides is 1. The van der Waals surface area contributed by atoms with E-state index in [4.69, 9.17) is 0 Å². The molecule has 3 rings (SSSR count). The van der Waals surface area contributed by atoms with Gasteiger partial charge in [-0.15, -0.1) is 0 Å². The number of rotatable bonds is 6. The lowest BCUT2D eigenvalue weighted by Crippen LogP contribution is -2.27. The number of benzene rings is 2. The molecule has 0 aliphatic carbocycles. The SMILES string of the molecule is CC(CC(=O)Nc1ccc(S(=O)(=O)N2CCCC2)cc1)c1ccccc1. The normalized spacial score (nSPS) is 16.3. The monoisotopic (exact) mass is 372 g/mol. The smallest absolute Gasteiger partial charge is 0.243 e. The predicted octanol–water partition coefficient (Wildman–Crippen LogP) is 3.60. The Morgan fingerprint density at radius 3 is 2.27 bits per heavy atom. The zero-order valence-electron chi connectivity index (χ0n) is 14.9. The molecule has 1 N–H and O–H groups in total. The summed E-state index contributed by atoms with van der Waals surface area (Å²) in [6.45, 7) is 3.18. The molecule has 1 atom stereocenters. The molecule has 1 amide bonds. The number of carbonyl (C=O) groups is 1. The van der Waals surface area contributed by atoms with Crippen molar-refractivity contribution in [3.63, 3.8) is 0 Å². The van der Waals surface area contributed by atoms with E-state index >= 15 is 0 Å². The molecule has 0 saturated carbocycles. The van der Waals surface area contributed by atoms with Crippen molar-refractivity contribution in [1.29, 1.82) is 0 Å². The first kappa shape index (κ1) is 18.6. The topological polar surface area (TPSA) is 66.5 Å². The van der Waals surface area contributed by atoms with Crippen LogP contribution in [0.25, 0.3) is 0 Å². The van der Waals surface area contributed by atoms with Gasteiger partial charge in [0.1, 0.15) is 0 Å². The van der Waals surface area contributed by atoms with Crippen LogP contribution in [0.1, 0.15) is 37.7 Å². The van der Waals surface area contributed by atoms with Crippen molar-refractivity contribution in [2.75, 3.05) is 18.4 Å². The van der Waals surface area contributed by atoms with Crippen LogP contribution in [0.2, 0.25) is 0 Å². The Balaban J connectivity index is 1.61. The van der Waals surface area contributed by atoms with Crippen molar-refractivity contribution in [3.8, 4) is 0 Å². The molecular weight excluding hydrogens is 348 g/mol. The minimum Gasteiger partial charge on any atom is -0.326 e. The van der Waals surface area contributed by atoms with E-state index in [9.17, 15) is 13.2 Å². The Kier molecular flexibility index (Phi) is 5.74. The van der Waals surface area contributed by atoms with Crippen molar-refractivity contribution in [1.82, 2.24) is 4.31 Å². The summed E-state index contributed by atoms with van der Waals surface area (Å²) in [6, 6.07) is 16.3. The van der Waals surface area contributed by atoms with E-state index in [1.54, 1.807) is 24.3 Å². The number of hydrogen-bond acceptors (Lipinski definition) is 3. The zero-order valence-corrected chi connectivity index (χ0v) is 15.7. The molecule has 1 saturated heterocycles. The summed E-state index contributed by atoms with van der Waals surface area (Å²) in [7, 11) is -3.42. The van der Waals surface area contributed by atoms with E-state index in [1.165, 1.54) is 4.31 Å². The maximum Gasteiger partial charge on any atom is 0.243 e.